The quantitative estimate of drug-likeness (QED) is 0.168. The van der Waals surface area contributed by atoms with Gasteiger partial charge in [-0.1, -0.05) is 109 Å². The lowest BCUT2D eigenvalue weighted by Crippen LogP contribution is -1.97. The Morgan fingerprint density at radius 2 is 1.04 bits per heavy atom. The highest BCUT2D eigenvalue weighted by molar-refractivity contribution is 6.10. The fourth-order valence-corrected chi connectivity index (χ4v) is 6.33. The van der Waals surface area contributed by atoms with Crippen molar-refractivity contribution >= 4 is 21.7 Å². The smallest absolute Gasteiger partial charge is 0.160 e. The van der Waals surface area contributed by atoms with Gasteiger partial charge in [-0.2, -0.15) is 0 Å². The van der Waals surface area contributed by atoms with Gasteiger partial charge >= 0.3 is 0 Å². The Bertz CT molecular complexity index is 2620. The number of pyridine rings is 4. The van der Waals surface area contributed by atoms with Crippen molar-refractivity contribution in [2.45, 2.75) is 0 Å². The summed E-state index contributed by atoms with van der Waals surface area (Å²) in [6, 6.07) is 51.2. The summed E-state index contributed by atoms with van der Waals surface area (Å²) < 4.78 is 0. The average molecular weight is 641 g/mol. The number of nitrogens with zero attached hydrogens (tertiary/aromatic N) is 6. The van der Waals surface area contributed by atoms with Crippen molar-refractivity contribution < 1.29 is 0 Å². The van der Waals surface area contributed by atoms with Crippen molar-refractivity contribution in [1.29, 1.82) is 0 Å². The minimum atomic E-state index is 0.643. The van der Waals surface area contributed by atoms with Gasteiger partial charge in [-0.05, 0) is 59.0 Å². The lowest BCUT2D eigenvalue weighted by molar-refractivity contribution is 1.16. The van der Waals surface area contributed by atoms with Crippen LogP contribution in [0.25, 0.3) is 89.5 Å². The molecule has 234 valence electrons. The molecule has 6 heteroatoms. The molecular weight excluding hydrogens is 613 g/mol. The first-order valence-electron chi connectivity index (χ1n) is 16.4. The van der Waals surface area contributed by atoms with Crippen LogP contribution in [-0.2, 0) is 0 Å². The molecule has 0 atom stereocenters. The molecule has 50 heavy (non-hydrogen) atoms. The van der Waals surface area contributed by atoms with E-state index in [4.69, 9.17) is 24.9 Å². The summed E-state index contributed by atoms with van der Waals surface area (Å²) in [5.74, 6) is 0.643. The third-order valence-corrected chi connectivity index (χ3v) is 8.86. The van der Waals surface area contributed by atoms with Gasteiger partial charge in [-0.3, -0.25) is 9.97 Å². The predicted molar refractivity (Wildman–Crippen MR) is 201 cm³/mol. The van der Waals surface area contributed by atoms with E-state index in [1.54, 1.807) is 6.20 Å². The minimum absolute atomic E-state index is 0.643. The highest BCUT2D eigenvalue weighted by Gasteiger charge is 2.14. The normalized spacial score (nSPS) is 11.2. The Morgan fingerprint density at radius 3 is 1.84 bits per heavy atom. The summed E-state index contributed by atoms with van der Waals surface area (Å²) in [4.78, 5) is 29.2. The lowest BCUT2D eigenvalue weighted by atomic mass is 10.0. The Balaban J connectivity index is 1.08. The van der Waals surface area contributed by atoms with Crippen LogP contribution < -0.4 is 0 Å². The summed E-state index contributed by atoms with van der Waals surface area (Å²) in [6.07, 6.45) is 5.51. The molecule has 0 radical (unpaired) electrons. The van der Waals surface area contributed by atoms with Crippen LogP contribution in [0, 0.1) is 0 Å². The number of aromatic nitrogens is 6. The molecule has 0 spiro atoms. The zero-order chi connectivity index (χ0) is 33.3. The van der Waals surface area contributed by atoms with Crippen molar-refractivity contribution in [2.24, 2.45) is 0 Å². The van der Waals surface area contributed by atoms with Crippen LogP contribution in [0.15, 0.2) is 170 Å². The van der Waals surface area contributed by atoms with E-state index in [-0.39, 0.29) is 0 Å². The molecule has 6 nitrogen and oxygen atoms in total. The third-order valence-electron chi connectivity index (χ3n) is 8.86. The van der Waals surface area contributed by atoms with E-state index >= 15 is 0 Å². The Labute approximate surface area is 288 Å². The minimum Gasteiger partial charge on any atom is -0.264 e. The highest BCUT2D eigenvalue weighted by atomic mass is 14.9. The van der Waals surface area contributed by atoms with Gasteiger partial charge in [-0.15, -0.1) is 0 Å². The molecule has 0 saturated carbocycles. The largest absolute Gasteiger partial charge is 0.264 e. The van der Waals surface area contributed by atoms with Crippen LogP contribution in [0.1, 0.15) is 0 Å². The molecule has 5 heterocycles. The second-order valence-electron chi connectivity index (χ2n) is 12.0. The summed E-state index contributed by atoms with van der Waals surface area (Å²) in [5.41, 5.74) is 10.8. The molecule has 0 aliphatic heterocycles. The van der Waals surface area contributed by atoms with Crippen LogP contribution >= 0.6 is 0 Å². The number of para-hydroxylation sites is 1. The van der Waals surface area contributed by atoms with Crippen molar-refractivity contribution in [2.75, 3.05) is 0 Å². The van der Waals surface area contributed by atoms with E-state index in [0.717, 1.165) is 83.7 Å². The van der Waals surface area contributed by atoms with E-state index in [1.165, 1.54) is 0 Å². The first kappa shape index (κ1) is 29.2. The number of benzene rings is 4. The van der Waals surface area contributed by atoms with Crippen LogP contribution in [0.5, 0.6) is 0 Å². The lowest BCUT2D eigenvalue weighted by Gasteiger charge is -2.11. The maximum Gasteiger partial charge on any atom is 0.160 e. The molecule has 0 unspecified atom stereocenters. The van der Waals surface area contributed by atoms with Crippen LogP contribution in [0.4, 0.5) is 0 Å². The van der Waals surface area contributed by atoms with Crippen LogP contribution in [-0.4, -0.2) is 29.9 Å². The molecule has 9 rings (SSSR count). The number of hydrogen-bond acceptors (Lipinski definition) is 6. The summed E-state index contributed by atoms with van der Waals surface area (Å²) in [5, 5.41) is 3.37. The molecule has 0 amide bonds. The SMILES string of the molecule is c1ccc(-c2nc(-c3ccc(-c4cccnc4)cc3)cc(-c3ccc(-c4cccc(-c5nc6ccccc6c6ccccc56)n4)cn3)n2)cc1. The monoisotopic (exact) mass is 640 g/mol. The summed E-state index contributed by atoms with van der Waals surface area (Å²) >= 11 is 0. The van der Waals surface area contributed by atoms with Crippen molar-refractivity contribution in [3.63, 3.8) is 0 Å². The van der Waals surface area contributed by atoms with Crippen LogP contribution in [0.2, 0.25) is 0 Å². The second-order valence-corrected chi connectivity index (χ2v) is 12.0. The van der Waals surface area contributed by atoms with E-state index in [9.17, 15) is 0 Å². The number of fused-ring (bicyclic) bond motifs is 3. The standard InChI is InChI=1S/C44H28N6/c1-2-10-31(11-3-1)44-49-41(30-21-19-29(20-22-30)32-12-9-25-45-27-32)26-42(50-44)39-24-23-33(28-46-39)37-17-8-18-40(47-37)43-36-15-5-4-13-34(36)35-14-6-7-16-38(35)48-43/h1-28H. The first-order chi connectivity index (χ1) is 24.8. The topological polar surface area (TPSA) is 77.3 Å². The number of rotatable bonds is 6. The fourth-order valence-electron chi connectivity index (χ4n) is 6.33. The van der Waals surface area contributed by atoms with Crippen LogP contribution in [0.3, 0.4) is 0 Å². The molecule has 0 saturated heterocycles. The Kier molecular flexibility index (Phi) is 7.37. The second kappa shape index (κ2) is 12.6. The van der Waals surface area contributed by atoms with Gasteiger partial charge in [0.05, 0.1) is 39.7 Å². The first-order valence-corrected chi connectivity index (χ1v) is 16.4. The van der Waals surface area contributed by atoms with Crippen molar-refractivity contribution in [3.05, 3.63) is 170 Å². The molecule has 0 N–H and O–H groups in total. The van der Waals surface area contributed by atoms with E-state index in [0.29, 0.717) is 5.82 Å². The average Bonchev–Trinajstić information content (AvgIpc) is 3.21. The summed E-state index contributed by atoms with van der Waals surface area (Å²) in [6.45, 7) is 0. The van der Waals surface area contributed by atoms with E-state index < -0.39 is 0 Å². The van der Waals surface area contributed by atoms with E-state index in [1.807, 2.05) is 97.3 Å². The fraction of sp³-hybridized carbons (Fsp3) is 0. The van der Waals surface area contributed by atoms with E-state index in [2.05, 4.69) is 71.7 Å². The molecule has 0 fully saturated rings. The highest BCUT2D eigenvalue weighted by Crippen LogP contribution is 2.33. The molecule has 4 aromatic carbocycles. The maximum atomic E-state index is 5.08. The molecular formula is C44H28N6. The number of hydrogen-bond donors (Lipinski definition) is 0. The molecule has 0 aliphatic rings. The Morgan fingerprint density at radius 1 is 0.340 bits per heavy atom. The van der Waals surface area contributed by atoms with Gasteiger partial charge < -0.3 is 0 Å². The molecule has 0 bridgehead atoms. The van der Waals surface area contributed by atoms with Gasteiger partial charge in [0.2, 0.25) is 0 Å². The van der Waals surface area contributed by atoms with Gasteiger partial charge in [0, 0.05) is 46.1 Å². The predicted octanol–water partition coefficient (Wildman–Crippen LogP) is 10.4. The van der Waals surface area contributed by atoms with Gasteiger partial charge in [0.25, 0.3) is 0 Å². The summed E-state index contributed by atoms with van der Waals surface area (Å²) in [7, 11) is 0. The molecule has 5 aromatic heterocycles. The Hall–Kier alpha value is -6.92. The van der Waals surface area contributed by atoms with Gasteiger partial charge in [0.1, 0.15) is 0 Å². The van der Waals surface area contributed by atoms with Crippen molar-refractivity contribution in [3.8, 4) is 67.8 Å². The van der Waals surface area contributed by atoms with Gasteiger partial charge in [0.15, 0.2) is 5.82 Å². The maximum absolute atomic E-state index is 5.08. The third kappa shape index (κ3) is 5.55. The molecule has 9 aromatic rings. The molecule has 0 aliphatic carbocycles. The van der Waals surface area contributed by atoms with Gasteiger partial charge in [-0.25, -0.2) is 19.9 Å². The zero-order valence-electron chi connectivity index (χ0n) is 26.8. The zero-order valence-corrected chi connectivity index (χ0v) is 26.8. The van der Waals surface area contributed by atoms with Crippen molar-refractivity contribution in [1.82, 2.24) is 29.9 Å².